The molecule has 2 rings (SSSR count). The van der Waals surface area contributed by atoms with Crippen LogP contribution in [0.1, 0.15) is 25.3 Å². The zero-order valence-electron chi connectivity index (χ0n) is 13.8. The van der Waals surface area contributed by atoms with Gasteiger partial charge in [0.2, 0.25) is 10.0 Å². The van der Waals surface area contributed by atoms with E-state index in [0.29, 0.717) is 31.5 Å². The molecule has 1 fully saturated rings. The molecule has 0 saturated heterocycles. The summed E-state index contributed by atoms with van der Waals surface area (Å²) in [5.74, 6) is -2.29. The Morgan fingerprint density at radius 1 is 1.35 bits per heavy atom. The highest BCUT2D eigenvalue weighted by molar-refractivity contribution is 7.89. The number of nitrogens with one attached hydrogen (secondary N) is 1. The monoisotopic (exact) mass is 398 g/mol. The summed E-state index contributed by atoms with van der Waals surface area (Å²) in [4.78, 5) is 11.4. The SMILES string of the molecule is CCN(CC(=O)O)C1CC(NS(=O)(=O)c2cc(C(F)(F)F)ccc2F)C1. The molecular weight excluding hydrogens is 380 g/mol. The van der Waals surface area contributed by atoms with E-state index >= 15 is 0 Å². The van der Waals surface area contributed by atoms with Gasteiger partial charge in [-0.05, 0) is 37.6 Å². The van der Waals surface area contributed by atoms with Crippen molar-refractivity contribution in [3.63, 3.8) is 0 Å². The van der Waals surface area contributed by atoms with Crippen LogP contribution in [0, 0.1) is 5.82 Å². The fourth-order valence-corrected chi connectivity index (χ4v) is 4.19. The highest BCUT2D eigenvalue weighted by Crippen LogP contribution is 2.32. The number of carbonyl (C=O) groups is 1. The highest BCUT2D eigenvalue weighted by atomic mass is 32.2. The number of sulfonamides is 1. The fraction of sp³-hybridized carbons (Fsp3) is 0.533. The average molecular weight is 398 g/mol. The van der Waals surface area contributed by atoms with Crippen molar-refractivity contribution in [3.8, 4) is 0 Å². The summed E-state index contributed by atoms with van der Waals surface area (Å²) < 4.78 is 78.6. The summed E-state index contributed by atoms with van der Waals surface area (Å²) in [6.07, 6.45) is -4.21. The van der Waals surface area contributed by atoms with Crippen LogP contribution in [0.3, 0.4) is 0 Å². The number of nitrogens with zero attached hydrogens (tertiary/aromatic N) is 1. The molecule has 1 aromatic rings. The number of halogens is 4. The number of carboxylic acid groups (broad SMARTS) is 1. The van der Waals surface area contributed by atoms with E-state index in [9.17, 15) is 30.8 Å². The maximum atomic E-state index is 13.8. The minimum atomic E-state index is -4.79. The lowest BCUT2D eigenvalue weighted by Gasteiger charge is -2.42. The molecule has 146 valence electrons. The van der Waals surface area contributed by atoms with Crippen molar-refractivity contribution in [3.05, 3.63) is 29.6 Å². The van der Waals surface area contributed by atoms with Crippen LogP contribution in [0.25, 0.3) is 0 Å². The molecule has 0 bridgehead atoms. The summed E-state index contributed by atoms with van der Waals surface area (Å²) in [7, 11) is -4.47. The Bertz CT molecular complexity index is 776. The lowest BCUT2D eigenvalue weighted by atomic mass is 9.86. The second-order valence-electron chi connectivity index (χ2n) is 6.04. The highest BCUT2D eigenvalue weighted by Gasteiger charge is 2.38. The fourth-order valence-electron chi connectivity index (χ4n) is 2.82. The van der Waals surface area contributed by atoms with Crippen LogP contribution in [0.4, 0.5) is 17.6 Å². The Kier molecular flexibility index (Phi) is 5.93. The normalized spacial score (nSPS) is 20.8. The van der Waals surface area contributed by atoms with Crippen molar-refractivity contribution in [2.45, 2.75) is 42.9 Å². The van der Waals surface area contributed by atoms with Crippen LogP contribution in [0.5, 0.6) is 0 Å². The first kappa shape index (κ1) is 20.6. The van der Waals surface area contributed by atoms with Gasteiger partial charge in [-0.1, -0.05) is 6.92 Å². The Morgan fingerprint density at radius 2 is 1.96 bits per heavy atom. The van der Waals surface area contributed by atoms with Gasteiger partial charge in [0.15, 0.2) is 0 Å². The average Bonchev–Trinajstić information content (AvgIpc) is 2.47. The molecule has 0 spiro atoms. The van der Waals surface area contributed by atoms with Gasteiger partial charge in [0.1, 0.15) is 10.7 Å². The number of rotatable bonds is 7. The van der Waals surface area contributed by atoms with Gasteiger partial charge >= 0.3 is 12.1 Å². The Morgan fingerprint density at radius 3 is 2.46 bits per heavy atom. The molecule has 0 heterocycles. The molecule has 1 aliphatic carbocycles. The molecule has 0 atom stereocenters. The van der Waals surface area contributed by atoms with Crippen molar-refractivity contribution in [2.24, 2.45) is 0 Å². The van der Waals surface area contributed by atoms with Crippen LogP contribution in [-0.4, -0.2) is 49.6 Å². The first-order valence-corrected chi connectivity index (χ1v) is 9.27. The second-order valence-corrected chi connectivity index (χ2v) is 7.73. The van der Waals surface area contributed by atoms with Crippen LogP contribution >= 0.6 is 0 Å². The summed E-state index contributed by atoms with van der Waals surface area (Å²) >= 11 is 0. The van der Waals surface area contributed by atoms with Gasteiger partial charge in [-0.2, -0.15) is 13.2 Å². The standard InChI is InChI=1S/C15H18F4N2O4S/c1-2-21(8-14(22)23)11-6-10(7-11)20-26(24,25)13-5-9(15(17,18)19)3-4-12(13)16/h3-5,10-11,20H,2,6-8H2,1H3,(H,22,23). The number of aliphatic carboxylic acids is 1. The molecule has 6 nitrogen and oxygen atoms in total. The topological polar surface area (TPSA) is 86.7 Å². The van der Waals surface area contributed by atoms with Gasteiger partial charge in [0, 0.05) is 12.1 Å². The predicted molar refractivity (Wildman–Crippen MR) is 83.4 cm³/mol. The molecule has 11 heteroatoms. The number of carboxylic acids is 1. The van der Waals surface area contributed by atoms with E-state index in [1.807, 2.05) is 0 Å². The van der Waals surface area contributed by atoms with Crippen LogP contribution in [-0.2, 0) is 21.0 Å². The van der Waals surface area contributed by atoms with E-state index in [1.54, 1.807) is 11.8 Å². The Balaban J connectivity index is 2.08. The molecule has 1 saturated carbocycles. The maximum Gasteiger partial charge on any atom is 0.416 e. The van der Waals surface area contributed by atoms with E-state index in [4.69, 9.17) is 5.11 Å². The summed E-state index contributed by atoms with van der Waals surface area (Å²) in [5.41, 5.74) is -1.26. The van der Waals surface area contributed by atoms with E-state index in [-0.39, 0.29) is 18.7 Å². The second kappa shape index (κ2) is 7.49. The molecule has 26 heavy (non-hydrogen) atoms. The Hall–Kier alpha value is -1.72. The molecule has 1 aromatic carbocycles. The van der Waals surface area contributed by atoms with E-state index in [1.165, 1.54) is 0 Å². The number of hydrogen-bond acceptors (Lipinski definition) is 4. The zero-order chi connectivity index (χ0) is 19.7. The Labute approximate surface area is 147 Å². The minimum absolute atomic E-state index is 0.157. The van der Waals surface area contributed by atoms with Crippen molar-refractivity contribution in [1.82, 2.24) is 9.62 Å². The minimum Gasteiger partial charge on any atom is -0.480 e. The van der Waals surface area contributed by atoms with Gasteiger partial charge in [0.25, 0.3) is 0 Å². The van der Waals surface area contributed by atoms with Gasteiger partial charge in [-0.15, -0.1) is 0 Å². The van der Waals surface area contributed by atoms with E-state index < -0.39 is 44.5 Å². The molecule has 2 N–H and O–H groups in total. The first-order chi connectivity index (χ1) is 11.9. The summed E-state index contributed by atoms with van der Waals surface area (Å²) in [5, 5.41) is 8.82. The molecule has 0 unspecified atom stereocenters. The largest absolute Gasteiger partial charge is 0.480 e. The van der Waals surface area contributed by atoms with Crippen molar-refractivity contribution < 1.29 is 35.9 Å². The quantitative estimate of drug-likeness (QED) is 0.687. The van der Waals surface area contributed by atoms with Crippen LogP contribution in [0.2, 0.25) is 0 Å². The van der Waals surface area contributed by atoms with Gasteiger partial charge < -0.3 is 5.11 Å². The maximum absolute atomic E-state index is 13.8. The first-order valence-electron chi connectivity index (χ1n) is 7.79. The van der Waals surface area contributed by atoms with E-state index in [0.717, 1.165) is 0 Å². The molecule has 0 radical (unpaired) electrons. The number of benzene rings is 1. The third-order valence-electron chi connectivity index (χ3n) is 4.24. The summed E-state index contributed by atoms with van der Waals surface area (Å²) in [6, 6.07) is 0.444. The summed E-state index contributed by atoms with van der Waals surface area (Å²) in [6.45, 7) is 2.03. The molecular formula is C15H18F4N2O4S. The van der Waals surface area contributed by atoms with Gasteiger partial charge in [-0.3, -0.25) is 9.69 Å². The lowest BCUT2D eigenvalue weighted by Crippen LogP contribution is -2.54. The molecule has 0 aromatic heterocycles. The van der Waals surface area contributed by atoms with Crippen LogP contribution < -0.4 is 4.72 Å². The van der Waals surface area contributed by atoms with Gasteiger partial charge in [0.05, 0.1) is 12.1 Å². The van der Waals surface area contributed by atoms with E-state index in [2.05, 4.69) is 4.72 Å². The predicted octanol–water partition coefficient (Wildman–Crippen LogP) is 2.06. The molecule has 0 amide bonds. The third-order valence-corrected chi connectivity index (χ3v) is 5.78. The van der Waals surface area contributed by atoms with Crippen molar-refractivity contribution >= 4 is 16.0 Å². The lowest BCUT2D eigenvalue weighted by molar-refractivity contribution is -0.139. The molecule has 0 aliphatic heterocycles. The number of hydrogen-bond donors (Lipinski definition) is 2. The van der Waals surface area contributed by atoms with Crippen molar-refractivity contribution in [1.29, 1.82) is 0 Å². The number of alkyl halides is 3. The van der Waals surface area contributed by atoms with Gasteiger partial charge in [-0.25, -0.2) is 17.5 Å². The third kappa shape index (κ3) is 4.71. The van der Waals surface area contributed by atoms with Crippen LogP contribution in [0.15, 0.2) is 23.1 Å². The zero-order valence-corrected chi connectivity index (χ0v) is 14.6. The van der Waals surface area contributed by atoms with Crippen molar-refractivity contribution in [2.75, 3.05) is 13.1 Å². The molecule has 1 aliphatic rings. The smallest absolute Gasteiger partial charge is 0.416 e. The number of likely N-dealkylation sites (N-methyl/N-ethyl adjacent to an activating group) is 1.